The summed E-state index contributed by atoms with van der Waals surface area (Å²) in [5.74, 6) is -3.13. The largest absolute Gasteiger partial charge is 0.441 e. The molecule has 0 aliphatic heterocycles. The van der Waals surface area contributed by atoms with Crippen molar-refractivity contribution in [2.45, 2.75) is 32.5 Å². The maximum absolute atomic E-state index is 12.8. The average molecular weight is 288 g/mol. The van der Waals surface area contributed by atoms with Gasteiger partial charge in [0.1, 0.15) is 0 Å². The van der Waals surface area contributed by atoms with E-state index in [1.54, 1.807) is 13.0 Å². The number of carbonyl (C=O) groups excluding carboxylic acids is 2. The fourth-order valence-electron chi connectivity index (χ4n) is 1.50. The Balaban J connectivity index is 2.92. The number of ether oxygens (including phenoxy) is 1. The summed E-state index contributed by atoms with van der Waals surface area (Å²) in [4.78, 5) is 23.3. The van der Waals surface area contributed by atoms with E-state index in [9.17, 15) is 22.8 Å². The van der Waals surface area contributed by atoms with Gasteiger partial charge in [-0.1, -0.05) is 32.0 Å². The van der Waals surface area contributed by atoms with E-state index in [1.807, 2.05) is 0 Å². The van der Waals surface area contributed by atoms with Crippen LogP contribution in [-0.2, 0) is 9.53 Å². The third kappa shape index (κ3) is 4.08. The van der Waals surface area contributed by atoms with Gasteiger partial charge in [-0.2, -0.15) is 13.2 Å². The molecule has 0 aliphatic carbocycles. The summed E-state index contributed by atoms with van der Waals surface area (Å²) in [6.07, 6.45) is -7.38. The molecule has 3 nitrogen and oxygen atoms in total. The molecule has 0 heterocycles. The minimum atomic E-state index is -4.91. The summed E-state index contributed by atoms with van der Waals surface area (Å²) in [7, 11) is 0. The number of halogens is 3. The number of rotatable bonds is 5. The van der Waals surface area contributed by atoms with E-state index in [1.165, 1.54) is 31.2 Å². The second kappa shape index (κ2) is 6.54. The predicted octanol–water partition coefficient (Wildman–Crippen LogP) is 3.39. The van der Waals surface area contributed by atoms with E-state index in [4.69, 9.17) is 0 Å². The molecule has 0 bridgehead atoms. The number of esters is 1. The molecule has 0 fully saturated rings. The number of ketones is 1. The standard InChI is InChI=1S/C14H15F3O3/c1-3-9(2)11(18)12(14(15,16)17)20-13(19)10-7-5-4-6-8-10/h4-9,12H,3H2,1-2H3. The summed E-state index contributed by atoms with van der Waals surface area (Å²) in [6, 6.07) is 7.25. The van der Waals surface area contributed by atoms with Gasteiger partial charge in [0.2, 0.25) is 0 Å². The summed E-state index contributed by atoms with van der Waals surface area (Å²) < 4.78 is 42.9. The van der Waals surface area contributed by atoms with Crippen molar-refractivity contribution in [1.29, 1.82) is 0 Å². The number of carbonyl (C=O) groups is 2. The minimum absolute atomic E-state index is 0.0290. The Kier molecular flexibility index (Phi) is 5.30. The highest BCUT2D eigenvalue weighted by molar-refractivity contribution is 5.93. The van der Waals surface area contributed by atoms with Crippen LogP contribution in [0.5, 0.6) is 0 Å². The van der Waals surface area contributed by atoms with Gasteiger partial charge in [0, 0.05) is 5.92 Å². The molecule has 2 atom stereocenters. The van der Waals surface area contributed by atoms with Crippen LogP contribution < -0.4 is 0 Å². The molecule has 6 heteroatoms. The van der Waals surface area contributed by atoms with Gasteiger partial charge in [0.25, 0.3) is 6.10 Å². The first-order chi connectivity index (χ1) is 9.27. The average Bonchev–Trinajstić information content (AvgIpc) is 2.42. The molecule has 0 N–H and O–H groups in total. The Hall–Kier alpha value is -1.85. The van der Waals surface area contributed by atoms with Gasteiger partial charge in [0.15, 0.2) is 5.78 Å². The third-order valence-corrected chi connectivity index (χ3v) is 2.89. The van der Waals surface area contributed by atoms with Crippen molar-refractivity contribution in [3.05, 3.63) is 35.9 Å². The Morgan fingerprint density at radius 2 is 1.75 bits per heavy atom. The SMILES string of the molecule is CCC(C)C(=O)C(OC(=O)c1ccccc1)C(F)(F)F. The summed E-state index contributed by atoms with van der Waals surface area (Å²) >= 11 is 0. The van der Waals surface area contributed by atoms with Crippen LogP contribution in [0.3, 0.4) is 0 Å². The first-order valence-electron chi connectivity index (χ1n) is 6.13. The van der Waals surface area contributed by atoms with Crippen LogP contribution in [0.2, 0.25) is 0 Å². The van der Waals surface area contributed by atoms with Crippen molar-refractivity contribution >= 4 is 11.8 Å². The lowest BCUT2D eigenvalue weighted by Gasteiger charge is -2.22. The lowest BCUT2D eigenvalue weighted by molar-refractivity contribution is -0.206. The zero-order chi connectivity index (χ0) is 15.3. The molecule has 0 saturated carbocycles. The van der Waals surface area contributed by atoms with Gasteiger partial charge in [-0.25, -0.2) is 4.79 Å². The molecule has 0 aromatic heterocycles. The molecule has 1 aromatic rings. The van der Waals surface area contributed by atoms with Crippen molar-refractivity contribution in [1.82, 2.24) is 0 Å². The van der Waals surface area contributed by atoms with Crippen molar-refractivity contribution in [3.8, 4) is 0 Å². The highest BCUT2D eigenvalue weighted by Gasteiger charge is 2.49. The predicted molar refractivity (Wildman–Crippen MR) is 66.2 cm³/mol. The Labute approximate surface area is 114 Å². The number of Topliss-reactive ketones (excluding diaryl/α,β-unsaturated/α-hetero) is 1. The van der Waals surface area contributed by atoms with Crippen molar-refractivity contribution < 1.29 is 27.5 Å². The van der Waals surface area contributed by atoms with Gasteiger partial charge >= 0.3 is 12.1 Å². The topological polar surface area (TPSA) is 43.4 Å². The number of benzene rings is 1. The molecule has 0 aliphatic rings. The molecule has 0 saturated heterocycles. The van der Waals surface area contributed by atoms with Crippen LogP contribution in [0.25, 0.3) is 0 Å². The van der Waals surface area contributed by atoms with Gasteiger partial charge in [0.05, 0.1) is 5.56 Å². The monoisotopic (exact) mass is 288 g/mol. The maximum Gasteiger partial charge on any atom is 0.432 e. The summed E-state index contributed by atoms with van der Waals surface area (Å²) in [5, 5.41) is 0. The third-order valence-electron chi connectivity index (χ3n) is 2.89. The Morgan fingerprint density at radius 3 is 2.20 bits per heavy atom. The van der Waals surface area contributed by atoms with Gasteiger partial charge in [-0.05, 0) is 18.6 Å². The molecule has 0 amide bonds. The lowest BCUT2D eigenvalue weighted by atomic mass is 9.99. The van der Waals surface area contributed by atoms with E-state index in [2.05, 4.69) is 4.74 Å². The normalized spacial score (nSPS) is 14.4. The minimum Gasteiger partial charge on any atom is -0.441 e. The molecule has 110 valence electrons. The van der Waals surface area contributed by atoms with Crippen LogP contribution in [0.1, 0.15) is 30.6 Å². The Morgan fingerprint density at radius 1 is 1.20 bits per heavy atom. The zero-order valence-electron chi connectivity index (χ0n) is 11.1. The number of hydrogen-bond acceptors (Lipinski definition) is 3. The molecule has 2 unspecified atom stereocenters. The molecule has 0 spiro atoms. The molecular weight excluding hydrogens is 273 g/mol. The van der Waals surface area contributed by atoms with E-state index in [0.29, 0.717) is 0 Å². The molecule has 1 aromatic carbocycles. The first kappa shape index (κ1) is 16.2. The second-order valence-corrected chi connectivity index (χ2v) is 4.40. The molecular formula is C14H15F3O3. The van der Waals surface area contributed by atoms with Crippen molar-refractivity contribution in [2.24, 2.45) is 5.92 Å². The highest BCUT2D eigenvalue weighted by atomic mass is 19.4. The Bertz CT molecular complexity index is 468. The number of hydrogen-bond donors (Lipinski definition) is 0. The smallest absolute Gasteiger partial charge is 0.432 e. The van der Waals surface area contributed by atoms with Crippen molar-refractivity contribution in [3.63, 3.8) is 0 Å². The van der Waals surface area contributed by atoms with Crippen LogP contribution >= 0.6 is 0 Å². The van der Waals surface area contributed by atoms with Crippen LogP contribution in [0, 0.1) is 5.92 Å². The van der Waals surface area contributed by atoms with Crippen molar-refractivity contribution in [2.75, 3.05) is 0 Å². The summed E-state index contributed by atoms with van der Waals surface area (Å²) in [5.41, 5.74) is -0.0290. The molecule has 20 heavy (non-hydrogen) atoms. The quantitative estimate of drug-likeness (QED) is 0.780. The molecule has 1 rings (SSSR count). The molecule has 0 radical (unpaired) electrons. The highest BCUT2D eigenvalue weighted by Crippen LogP contribution is 2.27. The van der Waals surface area contributed by atoms with Gasteiger partial charge in [-0.3, -0.25) is 4.79 Å². The van der Waals surface area contributed by atoms with Gasteiger partial charge in [-0.15, -0.1) is 0 Å². The fraction of sp³-hybridized carbons (Fsp3) is 0.429. The van der Waals surface area contributed by atoms with Crippen LogP contribution in [-0.4, -0.2) is 24.0 Å². The van der Waals surface area contributed by atoms with Gasteiger partial charge < -0.3 is 4.74 Å². The van der Waals surface area contributed by atoms with E-state index in [-0.39, 0.29) is 12.0 Å². The first-order valence-corrected chi connectivity index (χ1v) is 6.13. The van der Waals surface area contributed by atoms with E-state index in [0.717, 1.165) is 0 Å². The van der Waals surface area contributed by atoms with E-state index >= 15 is 0 Å². The summed E-state index contributed by atoms with van der Waals surface area (Å²) in [6.45, 7) is 2.96. The lowest BCUT2D eigenvalue weighted by Crippen LogP contribution is -2.43. The fourth-order valence-corrected chi connectivity index (χ4v) is 1.50. The second-order valence-electron chi connectivity index (χ2n) is 4.40. The van der Waals surface area contributed by atoms with Crippen LogP contribution in [0.15, 0.2) is 30.3 Å². The zero-order valence-corrected chi connectivity index (χ0v) is 11.1. The van der Waals surface area contributed by atoms with E-state index < -0.39 is 30.0 Å². The van der Waals surface area contributed by atoms with Crippen LogP contribution in [0.4, 0.5) is 13.2 Å². The number of alkyl halides is 3. The maximum atomic E-state index is 12.8.